The first-order chi connectivity index (χ1) is 13.5. The van der Waals surface area contributed by atoms with Crippen LogP contribution in [-0.4, -0.2) is 42.4 Å². The molecular weight excluding hydrogens is 375 g/mol. The van der Waals surface area contributed by atoms with Gasteiger partial charge in [0, 0.05) is 31.4 Å². The molecule has 0 saturated carbocycles. The number of benzene rings is 1. The third-order valence-electron chi connectivity index (χ3n) is 4.35. The second-order valence-corrected chi connectivity index (χ2v) is 6.33. The van der Waals surface area contributed by atoms with Crippen LogP contribution in [0.4, 0.5) is 13.2 Å². The summed E-state index contributed by atoms with van der Waals surface area (Å²) < 4.78 is 49.8. The van der Waals surface area contributed by atoms with Gasteiger partial charge >= 0.3 is 6.61 Å². The maximum Gasteiger partial charge on any atom is 0.387 e. The number of hydrogen-bond acceptors (Lipinski definition) is 5. The standard InChI is InChI=1S/C19H18F3N3O3/c20-16-1-2-17(28-19(21)22)15(8-16)12-25-11-13(7-14(9-23)18(25)26)10-24-3-5-27-6-4-24/h1-2,7-8,11,19H,3-6,10,12H2. The molecule has 1 aliphatic rings. The Bertz CT molecular complexity index is 934. The molecule has 0 atom stereocenters. The SMILES string of the molecule is N#Cc1cc(CN2CCOCC2)cn(Cc2cc(F)ccc2OC(F)F)c1=O. The molecule has 0 amide bonds. The highest BCUT2D eigenvalue weighted by molar-refractivity contribution is 5.36. The summed E-state index contributed by atoms with van der Waals surface area (Å²) in [6.45, 7) is -0.144. The molecule has 0 spiro atoms. The zero-order chi connectivity index (χ0) is 20.1. The van der Waals surface area contributed by atoms with Gasteiger partial charge in [-0.25, -0.2) is 4.39 Å². The molecule has 2 heterocycles. The maximum atomic E-state index is 13.6. The van der Waals surface area contributed by atoms with E-state index in [-0.39, 0.29) is 23.4 Å². The van der Waals surface area contributed by atoms with Gasteiger partial charge in [-0.15, -0.1) is 0 Å². The molecule has 1 aromatic heterocycles. The highest BCUT2D eigenvalue weighted by atomic mass is 19.3. The smallest absolute Gasteiger partial charge is 0.387 e. The Morgan fingerprint density at radius 2 is 1.96 bits per heavy atom. The van der Waals surface area contributed by atoms with Crippen molar-refractivity contribution in [2.75, 3.05) is 26.3 Å². The van der Waals surface area contributed by atoms with Crippen LogP contribution in [0.15, 0.2) is 35.3 Å². The van der Waals surface area contributed by atoms with Gasteiger partial charge in [-0.2, -0.15) is 14.0 Å². The van der Waals surface area contributed by atoms with Gasteiger partial charge in [-0.1, -0.05) is 0 Å². The summed E-state index contributed by atoms with van der Waals surface area (Å²) in [7, 11) is 0. The third-order valence-corrected chi connectivity index (χ3v) is 4.35. The van der Waals surface area contributed by atoms with E-state index in [9.17, 15) is 23.2 Å². The van der Waals surface area contributed by atoms with Crippen molar-refractivity contribution in [2.24, 2.45) is 0 Å². The average molecular weight is 393 g/mol. The molecule has 1 aliphatic heterocycles. The number of pyridine rings is 1. The molecule has 0 N–H and O–H groups in total. The van der Waals surface area contributed by atoms with Crippen molar-refractivity contribution in [2.45, 2.75) is 19.7 Å². The van der Waals surface area contributed by atoms with Gasteiger partial charge in [0.2, 0.25) is 0 Å². The highest BCUT2D eigenvalue weighted by Gasteiger charge is 2.16. The van der Waals surface area contributed by atoms with Crippen LogP contribution < -0.4 is 10.3 Å². The summed E-state index contributed by atoms with van der Waals surface area (Å²) in [6, 6.07) is 6.49. The number of ether oxygens (including phenoxy) is 2. The summed E-state index contributed by atoms with van der Waals surface area (Å²) in [4.78, 5) is 14.6. The monoisotopic (exact) mass is 393 g/mol. The lowest BCUT2D eigenvalue weighted by molar-refractivity contribution is -0.0505. The Morgan fingerprint density at radius 1 is 1.21 bits per heavy atom. The van der Waals surface area contributed by atoms with Crippen LogP contribution in [0.2, 0.25) is 0 Å². The quantitative estimate of drug-likeness (QED) is 0.754. The Hall–Kier alpha value is -2.83. The van der Waals surface area contributed by atoms with Crippen molar-refractivity contribution in [1.82, 2.24) is 9.47 Å². The van der Waals surface area contributed by atoms with Gasteiger partial charge in [-0.05, 0) is 29.8 Å². The number of alkyl halides is 2. The second kappa shape index (κ2) is 8.91. The lowest BCUT2D eigenvalue weighted by Crippen LogP contribution is -2.36. The molecule has 0 radical (unpaired) electrons. The van der Waals surface area contributed by atoms with Crippen LogP contribution in [0, 0.1) is 17.1 Å². The minimum atomic E-state index is -3.08. The Labute approximate surface area is 159 Å². The van der Waals surface area contributed by atoms with Crippen LogP contribution in [0.25, 0.3) is 0 Å². The largest absolute Gasteiger partial charge is 0.434 e. The molecular formula is C19H18F3N3O3. The van der Waals surface area contributed by atoms with Crippen LogP contribution in [0.5, 0.6) is 5.75 Å². The van der Waals surface area contributed by atoms with Gasteiger partial charge < -0.3 is 14.0 Å². The molecule has 0 unspecified atom stereocenters. The van der Waals surface area contributed by atoms with Crippen molar-refractivity contribution < 1.29 is 22.6 Å². The maximum absolute atomic E-state index is 13.6. The number of nitrogens with zero attached hydrogens (tertiary/aromatic N) is 3. The zero-order valence-corrected chi connectivity index (χ0v) is 14.9. The summed E-state index contributed by atoms with van der Waals surface area (Å²) in [5, 5.41) is 9.28. The van der Waals surface area contributed by atoms with E-state index in [0.29, 0.717) is 25.3 Å². The van der Waals surface area contributed by atoms with Gasteiger partial charge in [0.25, 0.3) is 5.56 Å². The molecule has 1 saturated heterocycles. The molecule has 6 nitrogen and oxygen atoms in total. The third kappa shape index (κ3) is 4.91. The van der Waals surface area contributed by atoms with Crippen molar-refractivity contribution in [3.8, 4) is 11.8 Å². The van der Waals surface area contributed by atoms with E-state index >= 15 is 0 Å². The summed E-state index contributed by atoms with van der Waals surface area (Å²) >= 11 is 0. The van der Waals surface area contributed by atoms with E-state index in [1.54, 1.807) is 6.20 Å². The van der Waals surface area contributed by atoms with E-state index in [1.807, 2.05) is 6.07 Å². The van der Waals surface area contributed by atoms with Crippen molar-refractivity contribution in [3.05, 3.63) is 63.3 Å². The predicted octanol–water partition coefficient (Wildman–Crippen LogP) is 2.34. The molecule has 3 rings (SSSR count). The molecule has 1 aromatic carbocycles. The number of nitriles is 1. The van der Waals surface area contributed by atoms with E-state index < -0.39 is 18.0 Å². The normalized spacial score (nSPS) is 14.8. The van der Waals surface area contributed by atoms with E-state index in [2.05, 4.69) is 9.64 Å². The number of halogens is 3. The number of aromatic nitrogens is 1. The highest BCUT2D eigenvalue weighted by Crippen LogP contribution is 2.23. The lowest BCUT2D eigenvalue weighted by atomic mass is 10.1. The molecule has 148 valence electrons. The molecule has 1 fully saturated rings. The average Bonchev–Trinajstić information content (AvgIpc) is 2.67. The fourth-order valence-electron chi connectivity index (χ4n) is 3.07. The topological polar surface area (TPSA) is 67.5 Å². The Morgan fingerprint density at radius 3 is 2.64 bits per heavy atom. The minimum absolute atomic E-state index is 0.0708. The second-order valence-electron chi connectivity index (χ2n) is 6.33. The number of hydrogen-bond donors (Lipinski definition) is 0. The first-order valence-corrected chi connectivity index (χ1v) is 8.63. The fraction of sp³-hybridized carbons (Fsp3) is 0.368. The van der Waals surface area contributed by atoms with Gasteiger partial charge in [0.15, 0.2) is 0 Å². The van der Waals surface area contributed by atoms with Crippen molar-refractivity contribution >= 4 is 0 Å². The van der Waals surface area contributed by atoms with Gasteiger partial charge in [0.05, 0.1) is 19.8 Å². The first-order valence-electron chi connectivity index (χ1n) is 8.63. The van der Waals surface area contributed by atoms with Crippen molar-refractivity contribution in [3.63, 3.8) is 0 Å². The molecule has 0 aliphatic carbocycles. The number of rotatable bonds is 6. The van der Waals surface area contributed by atoms with Crippen LogP contribution >= 0.6 is 0 Å². The van der Waals surface area contributed by atoms with Gasteiger partial charge in [-0.3, -0.25) is 9.69 Å². The fourth-order valence-corrected chi connectivity index (χ4v) is 3.07. The number of morpholine rings is 1. The predicted molar refractivity (Wildman–Crippen MR) is 93.6 cm³/mol. The van der Waals surface area contributed by atoms with E-state index in [1.165, 1.54) is 10.6 Å². The summed E-state index contributed by atoms with van der Waals surface area (Å²) in [5.74, 6) is -0.866. The minimum Gasteiger partial charge on any atom is -0.434 e. The Balaban J connectivity index is 1.93. The summed E-state index contributed by atoms with van der Waals surface area (Å²) in [5.41, 5.74) is 0.138. The van der Waals surface area contributed by atoms with Crippen molar-refractivity contribution in [1.29, 1.82) is 5.26 Å². The zero-order valence-electron chi connectivity index (χ0n) is 14.9. The van der Waals surface area contributed by atoms with Crippen LogP contribution in [0.3, 0.4) is 0 Å². The van der Waals surface area contributed by atoms with E-state index in [0.717, 1.165) is 31.3 Å². The molecule has 9 heteroatoms. The first kappa shape index (κ1) is 19.9. The summed E-state index contributed by atoms with van der Waals surface area (Å²) in [6.07, 6.45) is 1.55. The van der Waals surface area contributed by atoms with Crippen LogP contribution in [0.1, 0.15) is 16.7 Å². The molecule has 2 aromatic rings. The van der Waals surface area contributed by atoms with Gasteiger partial charge in [0.1, 0.15) is 23.2 Å². The van der Waals surface area contributed by atoms with E-state index in [4.69, 9.17) is 4.74 Å². The molecule has 0 bridgehead atoms. The lowest BCUT2D eigenvalue weighted by Gasteiger charge is -2.26. The Kier molecular flexibility index (Phi) is 6.34. The van der Waals surface area contributed by atoms with Crippen LogP contribution in [-0.2, 0) is 17.8 Å². The molecule has 28 heavy (non-hydrogen) atoms.